The SMILES string of the molecule is CCC=CCC=CCC=CCC=CCC=CCC=CCCC(=O)Nc1ccc(CO)cc1. The van der Waals surface area contributed by atoms with Gasteiger partial charge in [-0.05, 0) is 62.6 Å². The number of hydrogen-bond acceptors (Lipinski definition) is 2. The summed E-state index contributed by atoms with van der Waals surface area (Å²) in [5.41, 5.74) is 1.59. The lowest BCUT2D eigenvalue weighted by molar-refractivity contribution is -0.116. The Labute approximate surface area is 194 Å². The van der Waals surface area contributed by atoms with Crippen molar-refractivity contribution in [2.45, 2.75) is 64.9 Å². The van der Waals surface area contributed by atoms with Crippen molar-refractivity contribution in [1.29, 1.82) is 0 Å². The number of benzene rings is 1. The van der Waals surface area contributed by atoms with Crippen molar-refractivity contribution in [2.24, 2.45) is 0 Å². The Kier molecular flexibility index (Phi) is 17.0. The molecular weight excluding hydrogens is 394 g/mol. The molecule has 0 saturated heterocycles. The molecule has 0 aliphatic rings. The van der Waals surface area contributed by atoms with Crippen LogP contribution in [0, 0.1) is 0 Å². The Morgan fingerprint density at radius 3 is 1.59 bits per heavy atom. The molecule has 1 aromatic rings. The fourth-order valence-electron chi connectivity index (χ4n) is 2.77. The quantitative estimate of drug-likeness (QED) is 0.264. The Bertz CT molecular complexity index is 780. The first-order valence-corrected chi connectivity index (χ1v) is 11.7. The van der Waals surface area contributed by atoms with Crippen molar-refractivity contribution in [3.05, 3.63) is 103 Å². The molecule has 1 amide bonds. The van der Waals surface area contributed by atoms with E-state index in [1.54, 1.807) is 24.3 Å². The minimum absolute atomic E-state index is 0.00118. The summed E-state index contributed by atoms with van der Waals surface area (Å²) in [4.78, 5) is 11.9. The average molecular weight is 434 g/mol. The molecule has 0 unspecified atom stereocenters. The van der Waals surface area contributed by atoms with Crippen LogP contribution in [0.25, 0.3) is 0 Å². The number of carbonyl (C=O) groups is 1. The number of aliphatic hydroxyl groups is 1. The molecule has 0 spiro atoms. The molecule has 3 heteroatoms. The second kappa shape index (κ2) is 20.0. The fourth-order valence-corrected chi connectivity index (χ4v) is 2.77. The first kappa shape index (κ1) is 27.1. The molecule has 172 valence electrons. The normalized spacial score (nSPS) is 12.6. The number of rotatable bonds is 16. The van der Waals surface area contributed by atoms with E-state index in [1.807, 2.05) is 6.08 Å². The monoisotopic (exact) mass is 433 g/mol. The van der Waals surface area contributed by atoms with E-state index < -0.39 is 0 Å². The van der Waals surface area contributed by atoms with E-state index in [4.69, 9.17) is 5.11 Å². The van der Waals surface area contributed by atoms with Gasteiger partial charge in [-0.15, -0.1) is 0 Å². The summed E-state index contributed by atoms with van der Waals surface area (Å²) in [6.45, 7) is 2.16. The van der Waals surface area contributed by atoms with Gasteiger partial charge in [0.25, 0.3) is 0 Å². The number of hydrogen-bond donors (Lipinski definition) is 2. The second-order valence-electron chi connectivity index (χ2n) is 7.36. The van der Waals surface area contributed by atoms with Gasteiger partial charge >= 0.3 is 0 Å². The summed E-state index contributed by atoms with van der Waals surface area (Å²) in [6.07, 6.45) is 33.2. The molecule has 0 bridgehead atoms. The lowest BCUT2D eigenvalue weighted by Crippen LogP contribution is -2.10. The number of amides is 1. The van der Waals surface area contributed by atoms with Gasteiger partial charge in [-0.3, -0.25) is 4.79 Å². The highest BCUT2D eigenvalue weighted by atomic mass is 16.3. The molecule has 0 saturated carbocycles. The maximum absolute atomic E-state index is 11.9. The molecule has 0 atom stereocenters. The minimum Gasteiger partial charge on any atom is -0.392 e. The third-order valence-electron chi connectivity index (χ3n) is 4.55. The van der Waals surface area contributed by atoms with Crippen LogP contribution in [0.4, 0.5) is 5.69 Å². The van der Waals surface area contributed by atoms with E-state index in [0.717, 1.165) is 56.2 Å². The van der Waals surface area contributed by atoms with Gasteiger partial charge in [0, 0.05) is 12.1 Å². The van der Waals surface area contributed by atoms with Gasteiger partial charge in [0.05, 0.1) is 6.61 Å². The maximum Gasteiger partial charge on any atom is 0.224 e. The summed E-state index contributed by atoms with van der Waals surface area (Å²) in [5, 5.41) is 11.9. The van der Waals surface area contributed by atoms with E-state index in [-0.39, 0.29) is 12.5 Å². The standard InChI is InChI=1S/C29H39NO2/c1-2-3-4-5-6-7-8-9-10-11-12-13-14-15-16-17-18-19-20-21-29(32)30-28-24-22-27(26-31)23-25-28/h3-4,6-7,9-10,12-13,15-16,18-19,22-25,31H,2,5,8,11,14,17,20-21,26H2,1H3,(H,30,32). The number of nitrogens with one attached hydrogen (secondary N) is 1. The van der Waals surface area contributed by atoms with Crippen LogP contribution >= 0.6 is 0 Å². The number of allylic oxidation sites excluding steroid dienone is 12. The van der Waals surface area contributed by atoms with E-state index in [1.165, 1.54) is 0 Å². The largest absolute Gasteiger partial charge is 0.392 e. The van der Waals surface area contributed by atoms with Crippen molar-refractivity contribution in [2.75, 3.05) is 5.32 Å². The zero-order valence-corrected chi connectivity index (χ0v) is 19.5. The van der Waals surface area contributed by atoms with Crippen LogP contribution in [0.5, 0.6) is 0 Å². The van der Waals surface area contributed by atoms with Crippen molar-refractivity contribution < 1.29 is 9.90 Å². The highest BCUT2D eigenvalue weighted by Gasteiger charge is 2.00. The van der Waals surface area contributed by atoms with Crippen LogP contribution in [0.15, 0.2) is 97.2 Å². The lowest BCUT2D eigenvalue weighted by atomic mass is 10.2. The van der Waals surface area contributed by atoms with Gasteiger partial charge in [-0.25, -0.2) is 0 Å². The van der Waals surface area contributed by atoms with E-state index in [0.29, 0.717) is 6.42 Å². The molecule has 0 fully saturated rings. The predicted molar refractivity (Wildman–Crippen MR) is 138 cm³/mol. The number of aliphatic hydroxyl groups excluding tert-OH is 1. The average Bonchev–Trinajstić information content (AvgIpc) is 2.81. The van der Waals surface area contributed by atoms with Gasteiger partial charge < -0.3 is 10.4 Å². The van der Waals surface area contributed by atoms with Crippen LogP contribution in [0.2, 0.25) is 0 Å². The van der Waals surface area contributed by atoms with Gasteiger partial charge in [0.1, 0.15) is 0 Å². The van der Waals surface area contributed by atoms with Crippen LogP contribution in [-0.4, -0.2) is 11.0 Å². The minimum atomic E-state index is 0.00118. The van der Waals surface area contributed by atoms with Crippen molar-refractivity contribution in [1.82, 2.24) is 0 Å². The maximum atomic E-state index is 11.9. The Morgan fingerprint density at radius 1 is 0.719 bits per heavy atom. The third-order valence-corrected chi connectivity index (χ3v) is 4.55. The third kappa shape index (κ3) is 15.9. The second-order valence-corrected chi connectivity index (χ2v) is 7.36. The Hall–Kier alpha value is -2.91. The lowest BCUT2D eigenvalue weighted by Gasteiger charge is -2.04. The molecule has 0 aromatic heterocycles. The molecule has 32 heavy (non-hydrogen) atoms. The van der Waals surface area contributed by atoms with E-state index in [9.17, 15) is 4.79 Å². The van der Waals surface area contributed by atoms with Crippen LogP contribution in [0.3, 0.4) is 0 Å². The van der Waals surface area contributed by atoms with Crippen molar-refractivity contribution in [3.8, 4) is 0 Å². The predicted octanol–water partition coefficient (Wildman–Crippen LogP) is 7.60. The summed E-state index contributed by atoms with van der Waals surface area (Å²) < 4.78 is 0. The van der Waals surface area contributed by atoms with Crippen LogP contribution in [0.1, 0.15) is 63.9 Å². The molecule has 0 heterocycles. The number of anilines is 1. The molecule has 1 rings (SSSR count). The summed E-state index contributed by atoms with van der Waals surface area (Å²) in [7, 11) is 0. The molecule has 3 nitrogen and oxygen atoms in total. The molecule has 0 aliphatic heterocycles. The molecule has 2 N–H and O–H groups in total. The van der Waals surface area contributed by atoms with Crippen molar-refractivity contribution in [3.63, 3.8) is 0 Å². The van der Waals surface area contributed by atoms with Crippen LogP contribution in [-0.2, 0) is 11.4 Å². The summed E-state index contributed by atoms with van der Waals surface area (Å²) >= 11 is 0. The zero-order chi connectivity index (χ0) is 23.1. The molecule has 1 aromatic carbocycles. The first-order valence-electron chi connectivity index (χ1n) is 11.7. The zero-order valence-electron chi connectivity index (χ0n) is 19.5. The highest BCUT2D eigenvalue weighted by Crippen LogP contribution is 2.10. The number of carbonyl (C=O) groups excluding carboxylic acids is 1. The smallest absolute Gasteiger partial charge is 0.224 e. The summed E-state index contributed by atoms with van der Waals surface area (Å²) in [5.74, 6) is 0.00118. The molecule has 0 radical (unpaired) electrons. The fraction of sp³-hybridized carbons (Fsp3) is 0.345. The molecular formula is C29H39NO2. The van der Waals surface area contributed by atoms with Gasteiger partial charge in [0.15, 0.2) is 0 Å². The van der Waals surface area contributed by atoms with Crippen molar-refractivity contribution >= 4 is 11.6 Å². The van der Waals surface area contributed by atoms with Gasteiger partial charge in [0.2, 0.25) is 5.91 Å². The topological polar surface area (TPSA) is 49.3 Å². The van der Waals surface area contributed by atoms with Gasteiger partial charge in [-0.2, -0.15) is 0 Å². The first-order chi connectivity index (χ1) is 15.8. The highest BCUT2D eigenvalue weighted by molar-refractivity contribution is 5.90. The van der Waals surface area contributed by atoms with E-state index in [2.05, 4.69) is 79.1 Å². The van der Waals surface area contributed by atoms with E-state index >= 15 is 0 Å². The van der Waals surface area contributed by atoms with Gasteiger partial charge in [-0.1, -0.05) is 92.0 Å². The Balaban J connectivity index is 2.02. The molecule has 0 aliphatic carbocycles. The Morgan fingerprint density at radius 2 is 1.16 bits per heavy atom. The van der Waals surface area contributed by atoms with Crippen LogP contribution < -0.4 is 5.32 Å². The summed E-state index contributed by atoms with van der Waals surface area (Å²) in [6, 6.07) is 7.23.